The summed E-state index contributed by atoms with van der Waals surface area (Å²) < 4.78 is 0. The van der Waals surface area contributed by atoms with Crippen LogP contribution in [0.25, 0.3) is 0 Å². The van der Waals surface area contributed by atoms with E-state index >= 15 is 0 Å². The first-order valence-electron chi connectivity index (χ1n) is 13.5. The first-order chi connectivity index (χ1) is 15.7. The molecule has 3 fully saturated rings. The molecular formula is C30H46O4. The number of carbonyl (C=O) groups is 2. The van der Waals surface area contributed by atoms with Gasteiger partial charge in [0.15, 0.2) is 11.6 Å². The average molecular weight is 471 g/mol. The van der Waals surface area contributed by atoms with Crippen molar-refractivity contribution in [3.05, 3.63) is 23.3 Å². The molecule has 0 aromatic rings. The quantitative estimate of drug-likeness (QED) is 0.508. The maximum atomic E-state index is 13.7. The molecule has 2 N–H and O–H groups in total. The number of carbonyl (C=O) groups excluding carboxylic acids is 2. The topological polar surface area (TPSA) is 74.6 Å². The van der Waals surface area contributed by atoms with Crippen LogP contribution in [0.3, 0.4) is 0 Å². The summed E-state index contributed by atoms with van der Waals surface area (Å²) in [7, 11) is 0. The van der Waals surface area contributed by atoms with Crippen LogP contribution in [0.5, 0.6) is 0 Å². The summed E-state index contributed by atoms with van der Waals surface area (Å²) in [5, 5.41) is 20.0. The van der Waals surface area contributed by atoms with Crippen LogP contribution in [0.2, 0.25) is 0 Å². The van der Waals surface area contributed by atoms with Crippen LogP contribution in [0.4, 0.5) is 0 Å². The molecule has 0 aromatic heterocycles. The molecular weight excluding hydrogens is 424 g/mol. The fourth-order valence-electron chi connectivity index (χ4n) is 9.38. The summed E-state index contributed by atoms with van der Waals surface area (Å²) in [5.74, 6) is 1.31. The van der Waals surface area contributed by atoms with Crippen molar-refractivity contribution in [1.29, 1.82) is 0 Å². The largest absolute Gasteiger partial charge is 0.393 e. The Hall–Kier alpha value is -1.26. The van der Waals surface area contributed by atoms with Crippen molar-refractivity contribution in [3.63, 3.8) is 0 Å². The van der Waals surface area contributed by atoms with Gasteiger partial charge in [0.25, 0.3) is 0 Å². The Balaban J connectivity index is 1.66. The van der Waals surface area contributed by atoms with E-state index < -0.39 is 11.5 Å². The van der Waals surface area contributed by atoms with Crippen molar-refractivity contribution in [2.45, 2.75) is 99.5 Å². The van der Waals surface area contributed by atoms with Gasteiger partial charge in [-0.05, 0) is 97.2 Å². The average Bonchev–Trinajstić information content (AvgIpc) is 3.02. The molecule has 0 heterocycles. The summed E-state index contributed by atoms with van der Waals surface area (Å²) in [6, 6.07) is 0. The van der Waals surface area contributed by atoms with Crippen molar-refractivity contribution < 1.29 is 19.8 Å². The van der Waals surface area contributed by atoms with E-state index in [2.05, 4.69) is 41.5 Å². The standard InChI is InChI=1S/C30H46O4/c1-18(17-31)14-20(32)15-19(2)21-8-12-30(7)23-16-24(33)26-27(3,4)25(34)10-11-28(26,5)22(23)9-13-29(21,30)6/h14,16,19,21-22,25-26,31,34H,8-13,15,17H2,1-7H3/t19-,21-,22-,25-,26-,28+,29-,30+/m0/s1. The van der Waals surface area contributed by atoms with Crippen LogP contribution in [0.15, 0.2) is 23.3 Å². The van der Waals surface area contributed by atoms with E-state index in [1.165, 1.54) is 5.57 Å². The molecule has 8 atom stereocenters. The van der Waals surface area contributed by atoms with Gasteiger partial charge in [-0.25, -0.2) is 0 Å². The van der Waals surface area contributed by atoms with Crippen molar-refractivity contribution in [3.8, 4) is 0 Å². The zero-order chi connectivity index (χ0) is 25.3. The molecule has 0 bridgehead atoms. The molecule has 0 unspecified atom stereocenters. The maximum absolute atomic E-state index is 13.7. The summed E-state index contributed by atoms with van der Waals surface area (Å²) in [6.45, 7) is 15.3. The summed E-state index contributed by atoms with van der Waals surface area (Å²) in [5.41, 5.74) is 1.63. The van der Waals surface area contributed by atoms with Crippen molar-refractivity contribution in [1.82, 2.24) is 0 Å². The normalized spacial score (nSPS) is 44.6. The van der Waals surface area contributed by atoms with E-state index in [-0.39, 0.29) is 46.3 Å². The molecule has 34 heavy (non-hydrogen) atoms. The van der Waals surface area contributed by atoms with Crippen LogP contribution < -0.4 is 0 Å². The summed E-state index contributed by atoms with van der Waals surface area (Å²) in [6.07, 6.45) is 9.76. The van der Waals surface area contributed by atoms with Gasteiger partial charge in [-0.1, -0.05) is 47.1 Å². The number of rotatable bonds is 5. The van der Waals surface area contributed by atoms with E-state index in [9.17, 15) is 19.8 Å². The molecule has 0 amide bonds. The van der Waals surface area contributed by atoms with E-state index in [0.717, 1.165) is 44.1 Å². The molecule has 0 radical (unpaired) electrons. The summed E-state index contributed by atoms with van der Waals surface area (Å²) in [4.78, 5) is 26.3. The molecule has 4 aliphatic rings. The molecule has 4 aliphatic carbocycles. The Morgan fingerprint density at radius 3 is 2.44 bits per heavy atom. The fourth-order valence-corrected chi connectivity index (χ4v) is 9.38. The van der Waals surface area contributed by atoms with Crippen LogP contribution >= 0.6 is 0 Å². The predicted molar refractivity (Wildman–Crippen MR) is 135 cm³/mol. The first kappa shape index (κ1) is 25.8. The number of fused-ring (bicyclic) bond motifs is 5. The van der Waals surface area contributed by atoms with Crippen LogP contribution in [0, 0.1) is 45.3 Å². The Labute approximate surface area is 206 Å². The fraction of sp³-hybridized carbons (Fsp3) is 0.800. The predicted octanol–water partition coefficient (Wildman–Crippen LogP) is 5.67. The molecule has 3 saturated carbocycles. The van der Waals surface area contributed by atoms with E-state index in [0.29, 0.717) is 18.3 Å². The minimum absolute atomic E-state index is 0.0292. The van der Waals surface area contributed by atoms with Gasteiger partial charge in [-0.2, -0.15) is 0 Å². The number of allylic oxidation sites excluding steroid dienone is 3. The molecule has 0 saturated heterocycles. The lowest BCUT2D eigenvalue weighted by atomic mass is 9.40. The molecule has 0 aliphatic heterocycles. The number of hydrogen-bond donors (Lipinski definition) is 2. The molecule has 4 nitrogen and oxygen atoms in total. The van der Waals surface area contributed by atoms with Gasteiger partial charge in [0.1, 0.15) is 0 Å². The van der Waals surface area contributed by atoms with Crippen molar-refractivity contribution >= 4 is 11.6 Å². The Morgan fingerprint density at radius 1 is 1.12 bits per heavy atom. The first-order valence-corrected chi connectivity index (χ1v) is 13.5. The van der Waals surface area contributed by atoms with Gasteiger partial charge >= 0.3 is 0 Å². The van der Waals surface area contributed by atoms with Gasteiger partial charge in [0.05, 0.1) is 12.7 Å². The second-order valence-corrected chi connectivity index (χ2v) is 13.6. The smallest absolute Gasteiger partial charge is 0.159 e. The van der Waals surface area contributed by atoms with Crippen LogP contribution in [0.1, 0.15) is 93.4 Å². The van der Waals surface area contributed by atoms with Gasteiger partial charge in [0, 0.05) is 17.8 Å². The highest BCUT2D eigenvalue weighted by molar-refractivity contribution is 5.95. The molecule has 0 spiro atoms. The van der Waals surface area contributed by atoms with Gasteiger partial charge < -0.3 is 10.2 Å². The van der Waals surface area contributed by atoms with Crippen molar-refractivity contribution in [2.75, 3.05) is 6.61 Å². The molecule has 4 heteroatoms. The Morgan fingerprint density at radius 2 is 1.79 bits per heavy atom. The molecule has 0 aromatic carbocycles. The maximum Gasteiger partial charge on any atom is 0.159 e. The highest BCUT2D eigenvalue weighted by atomic mass is 16.3. The molecule has 4 rings (SSSR count). The summed E-state index contributed by atoms with van der Waals surface area (Å²) >= 11 is 0. The molecule has 190 valence electrons. The number of aliphatic hydroxyl groups is 2. The minimum Gasteiger partial charge on any atom is -0.393 e. The van der Waals surface area contributed by atoms with Crippen LogP contribution in [-0.4, -0.2) is 34.5 Å². The SMILES string of the molecule is CC(=CC(=O)C[C@H](C)[C@@H]1CC[C@]2(C)C3=CC(=O)[C@H]4C(C)(C)[C@@H](O)CC[C@]4(C)[C@H]3CC[C@@]12C)CO. The Bertz CT molecular complexity index is 928. The number of aliphatic hydroxyl groups excluding tert-OH is 2. The lowest BCUT2D eigenvalue weighted by Crippen LogP contribution is -2.60. The Kier molecular flexibility index (Phi) is 6.38. The third-order valence-electron chi connectivity index (χ3n) is 11.5. The van der Waals surface area contributed by atoms with Crippen molar-refractivity contribution in [2.24, 2.45) is 45.3 Å². The second-order valence-electron chi connectivity index (χ2n) is 13.6. The monoisotopic (exact) mass is 470 g/mol. The lowest BCUT2D eigenvalue weighted by Gasteiger charge is -2.63. The number of ketones is 2. The van der Waals surface area contributed by atoms with Gasteiger partial charge in [0.2, 0.25) is 0 Å². The zero-order valence-electron chi connectivity index (χ0n) is 22.4. The second kappa shape index (κ2) is 8.40. The van der Waals surface area contributed by atoms with E-state index in [4.69, 9.17) is 0 Å². The van der Waals surface area contributed by atoms with Crippen LogP contribution in [-0.2, 0) is 9.59 Å². The highest BCUT2D eigenvalue weighted by Gasteiger charge is 2.66. The third-order valence-corrected chi connectivity index (χ3v) is 11.5. The number of hydrogen-bond acceptors (Lipinski definition) is 4. The minimum atomic E-state index is -0.424. The zero-order valence-corrected chi connectivity index (χ0v) is 22.4. The highest BCUT2D eigenvalue weighted by Crippen LogP contribution is 2.72. The van der Waals surface area contributed by atoms with Gasteiger partial charge in [-0.3, -0.25) is 9.59 Å². The van der Waals surface area contributed by atoms with E-state index in [1.807, 2.05) is 6.08 Å². The lowest BCUT2D eigenvalue weighted by molar-refractivity contribution is -0.157. The van der Waals surface area contributed by atoms with Gasteiger partial charge in [-0.15, -0.1) is 0 Å². The third kappa shape index (κ3) is 3.53. The van der Waals surface area contributed by atoms with E-state index in [1.54, 1.807) is 13.0 Å².